The lowest BCUT2D eigenvalue weighted by atomic mass is 10.2. The van der Waals surface area contributed by atoms with Crippen molar-refractivity contribution in [3.05, 3.63) is 36.2 Å². The van der Waals surface area contributed by atoms with Gasteiger partial charge >= 0.3 is 5.97 Å². The van der Waals surface area contributed by atoms with Gasteiger partial charge in [-0.2, -0.15) is 0 Å². The Balaban J connectivity index is 2.07. The predicted octanol–water partition coefficient (Wildman–Crippen LogP) is 2.50. The Morgan fingerprint density at radius 3 is 2.44 bits per heavy atom. The largest absolute Gasteiger partial charge is 0.462 e. The van der Waals surface area contributed by atoms with Crippen molar-refractivity contribution in [2.24, 2.45) is 5.92 Å². The van der Waals surface area contributed by atoms with Crippen LogP contribution in [-0.2, 0) is 4.74 Å². The van der Waals surface area contributed by atoms with Crippen molar-refractivity contribution in [1.29, 1.82) is 0 Å². The number of hydrogen-bond donors (Lipinski definition) is 3. The smallest absolute Gasteiger partial charge is 0.338 e. The van der Waals surface area contributed by atoms with E-state index in [-0.39, 0.29) is 5.97 Å². The Morgan fingerprint density at radius 2 is 1.84 bits per heavy atom. The Hall–Kier alpha value is -2.87. The van der Waals surface area contributed by atoms with E-state index < -0.39 is 0 Å². The zero-order chi connectivity index (χ0) is 18.4. The van der Waals surface area contributed by atoms with E-state index in [9.17, 15) is 4.79 Å². The van der Waals surface area contributed by atoms with Crippen molar-refractivity contribution in [3.63, 3.8) is 0 Å². The molecule has 1 heterocycles. The number of anilines is 4. The second-order valence-corrected chi connectivity index (χ2v) is 6.19. The average molecular weight is 344 g/mol. The summed E-state index contributed by atoms with van der Waals surface area (Å²) in [6, 6.07) is 6.93. The quantitative estimate of drug-likeness (QED) is 0.520. The summed E-state index contributed by atoms with van der Waals surface area (Å²) in [6.45, 7) is 4.38. The SMILES string of the molecule is CC(C)COC(=O)c1ccc(Nc2ncnc(NN(C)C)c2N)cc1. The van der Waals surface area contributed by atoms with Crippen LogP contribution in [0.5, 0.6) is 0 Å². The van der Waals surface area contributed by atoms with Crippen LogP contribution in [0.3, 0.4) is 0 Å². The summed E-state index contributed by atoms with van der Waals surface area (Å²) in [6.07, 6.45) is 1.42. The maximum absolute atomic E-state index is 11.9. The first kappa shape index (κ1) is 18.5. The molecule has 8 nitrogen and oxygen atoms in total. The summed E-state index contributed by atoms with van der Waals surface area (Å²) in [5.41, 5.74) is 10.7. The third-order valence-electron chi connectivity index (χ3n) is 3.14. The van der Waals surface area contributed by atoms with Gasteiger partial charge in [-0.1, -0.05) is 13.8 Å². The van der Waals surface area contributed by atoms with Gasteiger partial charge < -0.3 is 21.2 Å². The zero-order valence-electron chi connectivity index (χ0n) is 14.9. The number of carbonyl (C=O) groups excluding carboxylic acids is 1. The second kappa shape index (κ2) is 8.29. The number of aromatic nitrogens is 2. The Bertz CT molecular complexity index is 716. The molecule has 1 aromatic carbocycles. The topological polar surface area (TPSA) is 105 Å². The number of esters is 1. The van der Waals surface area contributed by atoms with Gasteiger partial charge in [0.1, 0.15) is 12.0 Å². The minimum atomic E-state index is -0.334. The molecule has 4 N–H and O–H groups in total. The van der Waals surface area contributed by atoms with E-state index in [2.05, 4.69) is 20.7 Å². The monoisotopic (exact) mass is 344 g/mol. The summed E-state index contributed by atoms with van der Waals surface area (Å²) < 4.78 is 5.21. The third-order valence-corrected chi connectivity index (χ3v) is 3.14. The highest BCUT2D eigenvalue weighted by atomic mass is 16.5. The summed E-state index contributed by atoms with van der Waals surface area (Å²) in [4.78, 5) is 20.2. The van der Waals surface area contributed by atoms with Crippen LogP contribution in [0.4, 0.5) is 23.0 Å². The van der Waals surface area contributed by atoms with Gasteiger partial charge in [0.2, 0.25) is 0 Å². The summed E-state index contributed by atoms with van der Waals surface area (Å²) in [5, 5.41) is 4.85. The predicted molar refractivity (Wildman–Crippen MR) is 98.6 cm³/mol. The normalized spacial score (nSPS) is 10.8. The number of hydrazine groups is 1. The number of nitrogens with one attached hydrogen (secondary N) is 2. The van der Waals surface area contributed by atoms with E-state index in [1.54, 1.807) is 29.3 Å². The number of carbonyl (C=O) groups is 1. The zero-order valence-corrected chi connectivity index (χ0v) is 14.9. The molecule has 0 unspecified atom stereocenters. The standard InChI is InChI=1S/C17H24N6O2/c1-11(2)9-25-17(24)12-5-7-13(8-6-12)21-15-14(18)16(20-10-19-15)22-23(3)4/h5-8,10-11H,9,18H2,1-4H3,(H2,19,20,21,22). The van der Waals surface area contributed by atoms with Crippen molar-refractivity contribution in [3.8, 4) is 0 Å². The van der Waals surface area contributed by atoms with Crippen LogP contribution in [0.25, 0.3) is 0 Å². The van der Waals surface area contributed by atoms with E-state index in [4.69, 9.17) is 10.5 Å². The molecule has 0 fully saturated rings. The summed E-state index contributed by atoms with van der Waals surface area (Å²) in [7, 11) is 3.68. The number of nitrogens with two attached hydrogens (primary N) is 1. The van der Waals surface area contributed by atoms with E-state index in [1.807, 2.05) is 27.9 Å². The molecule has 0 bridgehead atoms. The molecule has 0 saturated carbocycles. The average Bonchev–Trinajstić information content (AvgIpc) is 2.56. The minimum Gasteiger partial charge on any atom is -0.462 e. The maximum Gasteiger partial charge on any atom is 0.338 e. The van der Waals surface area contributed by atoms with Gasteiger partial charge in [0.25, 0.3) is 0 Å². The molecule has 0 atom stereocenters. The van der Waals surface area contributed by atoms with Gasteiger partial charge in [0.15, 0.2) is 11.6 Å². The van der Waals surface area contributed by atoms with Crippen molar-refractivity contribution in [2.75, 3.05) is 37.2 Å². The molecule has 25 heavy (non-hydrogen) atoms. The first-order valence-corrected chi connectivity index (χ1v) is 7.95. The molecule has 0 aliphatic heterocycles. The Kier molecular flexibility index (Phi) is 6.13. The van der Waals surface area contributed by atoms with Crippen LogP contribution in [0.1, 0.15) is 24.2 Å². The third kappa shape index (κ3) is 5.32. The van der Waals surface area contributed by atoms with Crippen LogP contribution < -0.4 is 16.5 Å². The number of rotatable bonds is 7. The van der Waals surface area contributed by atoms with Crippen molar-refractivity contribution >= 4 is 29.0 Å². The van der Waals surface area contributed by atoms with E-state index in [0.29, 0.717) is 35.4 Å². The van der Waals surface area contributed by atoms with Crippen LogP contribution >= 0.6 is 0 Å². The number of nitrogens with zero attached hydrogens (tertiary/aromatic N) is 3. The second-order valence-electron chi connectivity index (χ2n) is 6.19. The van der Waals surface area contributed by atoms with Gasteiger partial charge in [-0.3, -0.25) is 0 Å². The molecule has 0 radical (unpaired) electrons. The van der Waals surface area contributed by atoms with Crippen LogP contribution in [0, 0.1) is 5.92 Å². The maximum atomic E-state index is 11.9. The van der Waals surface area contributed by atoms with Crippen molar-refractivity contribution < 1.29 is 9.53 Å². The lowest BCUT2D eigenvalue weighted by Gasteiger charge is -2.16. The fourth-order valence-electron chi connectivity index (χ4n) is 1.95. The van der Waals surface area contributed by atoms with Crippen LogP contribution in [0.2, 0.25) is 0 Å². The first-order chi connectivity index (χ1) is 11.9. The molecule has 0 amide bonds. The van der Waals surface area contributed by atoms with Gasteiger partial charge in [0, 0.05) is 19.8 Å². The fourth-order valence-corrected chi connectivity index (χ4v) is 1.95. The summed E-state index contributed by atoms with van der Waals surface area (Å²) in [5.74, 6) is 0.959. The minimum absolute atomic E-state index is 0.301. The molecular weight excluding hydrogens is 320 g/mol. The number of hydrogen-bond acceptors (Lipinski definition) is 8. The van der Waals surface area contributed by atoms with Gasteiger partial charge in [-0.05, 0) is 30.2 Å². The highest BCUT2D eigenvalue weighted by molar-refractivity contribution is 5.90. The lowest BCUT2D eigenvalue weighted by Crippen LogP contribution is -2.21. The first-order valence-electron chi connectivity index (χ1n) is 7.95. The molecular formula is C17H24N6O2. The van der Waals surface area contributed by atoms with Gasteiger partial charge in [0.05, 0.1) is 12.2 Å². The van der Waals surface area contributed by atoms with Gasteiger partial charge in [-0.25, -0.2) is 19.8 Å². The van der Waals surface area contributed by atoms with Crippen molar-refractivity contribution in [1.82, 2.24) is 15.0 Å². The number of ether oxygens (including phenoxy) is 1. The molecule has 2 rings (SSSR count). The lowest BCUT2D eigenvalue weighted by molar-refractivity contribution is 0.0459. The van der Waals surface area contributed by atoms with Crippen LogP contribution in [0.15, 0.2) is 30.6 Å². The Morgan fingerprint density at radius 1 is 1.20 bits per heavy atom. The molecule has 8 heteroatoms. The molecule has 0 aliphatic rings. The molecule has 0 aliphatic carbocycles. The van der Waals surface area contributed by atoms with E-state index >= 15 is 0 Å². The highest BCUT2D eigenvalue weighted by Gasteiger charge is 2.11. The highest BCUT2D eigenvalue weighted by Crippen LogP contribution is 2.26. The van der Waals surface area contributed by atoms with Crippen LogP contribution in [-0.4, -0.2) is 41.6 Å². The Labute approximate surface area is 147 Å². The summed E-state index contributed by atoms with van der Waals surface area (Å²) >= 11 is 0. The van der Waals surface area contributed by atoms with E-state index in [0.717, 1.165) is 5.69 Å². The number of benzene rings is 1. The number of nitrogen functional groups attached to an aromatic ring is 1. The van der Waals surface area contributed by atoms with Crippen molar-refractivity contribution in [2.45, 2.75) is 13.8 Å². The van der Waals surface area contributed by atoms with E-state index in [1.165, 1.54) is 6.33 Å². The molecule has 1 aromatic heterocycles. The van der Waals surface area contributed by atoms with Gasteiger partial charge in [-0.15, -0.1) is 0 Å². The molecule has 0 spiro atoms. The molecule has 2 aromatic rings. The molecule has 0 saturated heterocycles. The molecule has 134 valence electrons. The fraction of sp³-hybridized carbons (Fsp3) is 0.353.